The fourth-order valence-electron chi connectivity index (χ4n) is 4.25. The maximum atomic E-state index is 11.9. The van der Waals surface area contributed by atoms with E-state index in [4.69, 9.17) is 9.47 Å². The lowest BCUT2D eigenvalue weighted by Gasteiger charge is -2.30. The lowest BCUT2D eigenvalue weighted by Crippen LogP contribution is -2.47. The number of rotatable bonds is 4. The van der Waals surface area contributed by atoms with Gasteiger partial charge < -0.3 is 14.6 Å². The minimum absolute atomic E-state index is 0. The van der Waals surface area contributed by atoms with Crippen molar-refractivity contribution in [3.8, 4) is 11.5 Å². The van der Waals surface area contributed by atoms with Crippen molar-refractivity contribution in [2.45, 2.75) is 31.4 Å². The minimum atomic E-state index is -1.15. The number of hydrogen-bond donors (Lipinski definition) is 1. The van der Waals surface area contributed by atoms with Crippen LogP contribution in [0.1, 0.15) is 31.2 Å². The fourth-order valence-corrected chi connectivity index (χ4v) is 4.25. The van der Waals surface area contributed by atoms with Gasteiger partial charge in [0.15, 0.2) is 18.0 Å². The first-order chi connectivity index (χ1) is 13.2. The summed E-state index contributed by atoms with van der Waals surface area (Å²) in [7, 11) is 3.33. The predicted octanol–water partition coefficient (Wildman–Crippen LogP) is 3.93. The second-order valence-electron chi connectivity index (χ2n) is 7.20. The molecular weight excluding hydrogens is 420 g/mol. The normalized spacial score (nSPS) is 21.6. The van der Waals surface area contributed by atoms with Crippen LogP contribution in [-0.2, 0) is 5.72 Å². The molecule has 4 rings (SSSR count). The van der Waals surface area contributed by atoms with E-state index in [1.807, 2.05) is 48.5 Å². The standard InChI is InChI=1S/C22H27N2O3.BrH/c1-26-18-13-11-17(12-14-18)22(25)16-23-15-7-3-4-10-21(23)24(22)19-8-5-6-9-20(19)27-2;/h5-6,8-9,11-14,25H,3-4,7,10,15-16H2,1-2H3;1H/q+1;. The van der Waals surface area contributed by atoms with Gasteiger partial charge in [0.25, 0.3) is 11.6 Å². The molecule has 1 N–H and O–H groups in total. The maximum absolute atomic E-state index is 11.9. The Morgan fingerprint density at radius 3 is 2.43 bits per heavy atom. The molecule has 2 aromatic carbocycles. The van der Waals surface area contributed by atoms with E-state index in [0.29, 0.717) is 6.54 Å². The maximum Gasteiger partial charge on any atom is 0.275 e. The van der Waals surface area contributed by atoms with Gasteiger partial charge in [0, 0.05) is 12.0 Å². The first-order valence-electron chi connectivity index (χ1n) is 9.58. The molecule has 0 radical (unpaired) electrons. The highest BCUT2D eigenvalue weighted by Crippen LogP contribution is 2.41. The number of aliphatic hydroxyl groups is 1. The highest BCUT2D eigenvalue weighted by molar-refractivity contribution is 8.93. The SMILES string of the molecule is Br.COc1ccc(C2(O)C[N+]3=C(CCCCC3)N2c2ccccc2OC)cc1. The van der Waals surface area contributed by atoms with E-state index in [9.17, 15) is 5.11 Å². The largest absolute Gasteiger partial charge is 0.497 e. The van der Waals surface area contributed by atoms with Crippen molar-refractivity contribution in [3.63, 3.8) is 0 Å². The van der Waals surface area contributed by atoms with Crippen LogP contribution < -0.4 is 14.4 Å². The molecule has 0 bridgehead atoms. The van der Waals surface area contributed by atoms with E-state index in [-0.39, 0.29) is 17.0 Å². The number of anilines is 1. The molecule has 0 amide bonds. The molecule has 6 heteroatoms. The minimum Gasteiger partial charge on any atom is -0.497 e. The second kappa shape index (κ2) is 8.53. The summed E-state index contributed by atoms with van der Waals surface area (Å²) in [5.74, 6) is 2.73. The molecule has 2 aliphatic heterocycles. The Bertz CT molecular complexity index is 853. The summed E-state index contributed by atoms with van der Waals surface area (Å²) in [5.41, 5.74) is 0.612. The van der Waals surface area contributed by atoms with E-state index in [0.717, 1.165) is 48.6 Å². The van der Waals surface area contributed by atoms with Crippen LogP contribution in [0.2, 0.25) is 0 Å². The molecule has 0 spiro atoms. The number of nitrogens with zero attached hydrogens (tertiary/aromatic N) is 2. The third-order valence-corrected chi connectivity index (χ3v) is 5.61. The molecule has 5 nitrogen and oxygen atoms in total. The van der Waals surface area contributed by atoms with Crippen LogP contribution >= 0.6 is 17.0 Å². The number of halogens is 1. The number of methoxy groups -OCH3 is 2. The average molecular weight is 448 g/mol. The number of amidine groups is 1. The lowest BCUT2D eigenvalue weighted by atomic mass is 9.99. The van der Waals surface area contributed by atoms with Gasteiger partial charge in [-0.15, -0.1) is 17.0 Å². The number of benzene rings is 2. The van der Waals surface area contributed by atoms with Crippen molar-refractivity contribution in [2.24, 2.45) is 0 Å². The summed E-state index contributed by atoms with van der Waals surface area (Å²) in [5, 5.41) is 11.9. The molecule has 0 aliphatic carbocycles. The molecule has 0 fully saturated rings. The Labute approximate surface area is 177 Å². The predicted molar refractivity (Wildman–Crippen MR) is 116 cm³/mol. The molecule has 0 aromatic heterocycles. The van der Waals surface area contributed by atoms with Crippen LogP contribution in [0.4, 0.5) is 5.69 Å². The molecule has 28 heavy (non-hydrogen) atoms. The summed E-state index contributed by atoms with van der Waals surface area (Å²) in [4.78, 5) is 2.08. The Kier molecular flexibility index (Phi) is 6.30. The van der Waals surface area contributed by atoms with Gasteiger partial charge in [-0.2, -0.15) is 4.90 Å². The van der Waals surface area contributed by atoms with Crippen LogP contribution in [0.15, 0.2) is 48.5 Å². The van der Waals surface area contributed by atoms with E-state index >= 15 is 0 Å². The van der Waals surface area contributed by atoms with Gasteiger partial charge in [0.05, 0.1) is 20.8 Å². The molecule has 1 unspecified atom stereocenters. The van der Waals surface area contributed by atoms with Crippen molar-refractivity contribution in [1.82, 2.24) is 0 Å². The summed E-state index contributed by atoms with van der Waals surface area (Å²) < 4.78 is 13.3. The molecule has 0 saturated carbocycles. The Hall–Kier alpha value is -2.05. The monoisotopic (exact) mass is 447 g/mol. The quantitative estimate of drug-likeness (QED) is 0.721. The number of hydrogen-bond acceptors (Lipinski definition) is 4. The number of ether oxygens (including phenoxy) is 2. The zero-order valence-electron chi connectivity index (χ0n) is 16.4. The molecule has 2 aromatic rings. The first-order valence-corrected chi connectivity index (χ1v) is 9.58. The van der Waals surface area contributed by atoms with Gasteiger partial charge in [0.1, 0.15) is 5.75 Å². The summed E-state index contributed by atoms with van der Waals surface area (Å²) in [6, 6.07) is 15.6. The van der Waals surface area contributed by atoms with E-state index in [1.165, 1.54) is 12.3 Å². The molecule has 0 saturated heterocycles. The first kappa shape index (κ1) is 20.7. The van der Waals surface area contributed by atoms with Gasteiger partial charge in [-0.25, -0.2) is 0 Å². The fraction of sp³-hybridized carbons (Fsp3) is 0.409. The third-order valence-electron chi connectivity index (χ3n) is 5.61. The second-order valence-corrected chi connectivity index (χ2v) is 7.20. The van der Waals surface area contributed by atoms with Crippen molar-refractivity contribution in [2.75, 3.05) is 32.2 Å². The van der Waals surface area contributed by atoms with Gasteiger partial charge in [-0.3, -0.25) is 4.58 Å². The molecule has 2 aliphatic rings. The van der Waals surface area contributed by atoms with E-state index in [1.54, 1.807) is 14.2 Å². The van der Waals surface area contributed by atoms with Crippen molar-refractivity contribution >= 4 is 28.5 Å². The number of para-hydroxylation sites is 2. The van der Waals surface area contributed by atoms with Gasteiger partial charge in [-0.05, 0) is 55.7 Å². The molecule has 1 atom stereocenters. The zero-order valence-corrected chi connectivity index (χ0v) is 18.1. The summed E-state index contributed by atoms with van der Waals surface area (Å²) in [6.45, 7) is 1.52. The Morgan fingerprint density at radius 2 is 1.71 bits per heavy atom. The Balaban J connectivity index is 0.00000225. The van der Waals surface area contributed by atoms with Crippen LogP contribution in [0.3, 0.4) is 0 Å². The Morgan fingerprint density at radius 1 is 0.964 bits per heavy atom. The lowest BCUT2D eigenvalue weighted by molar-refractivity contribution is -0.534. The van der Waals surface area contributed by atoms with Crippen LogP contribution in [-0.4, -0.2) is 42.8 Å². The summed E-state index contributed by atoms with van der Waals surface area (Å²) in [6.07, 6.45) is 4.47. The van der Waals surface area contributed by atoms with Crippen LogP contribution in [0, 0.1) is 0 Å². The molecule has 2 heterocycles. The van der Waals surface area contributed by atoms with Gasteiger partial charge in [-0.1, -0.05) is 12.1 Å². The molecular formula is C22H28BrN2O3+. The topological polar surface area (TPSA) is 44.9 Å². The highest BCUT2D eigenvalue weighted by atomic mass is 79.9. The average Bonchev–Trinajstić information content (AvgIpc) is 2.83. The summed E-state index contributed by atoms with van der Waals surface area (Å²) >= 11 is 0. The smallest absolute Gasteiger partial charge is 0.275 e. The van der Waals surface area contributed by atoms with Gasteiger partial charge in [0.2, 0.25) is 0 Å². The van der Waals surface area contributed by atoms with Crippen molar-refractivity contribution in [3.05, 3.63) is 54.1 Å². The van der Waals surface area contributed by atoms with Crippen molar-refractivity contribution < 1.29 is 19.2 Å². The van der Waals surface area contributed by atoms with E-state index in [2.05, 4.69) is 9.48 Å². The highest BCUT2D eigenvalue weighted by Gasteiger charge is 2.54. The molecule has 150 valence electrons. The third kappa shape index (κ3) is 3.51. The van der Waals surface area contributed by atoms with E-state index < -0.39 is 5.72 Å². The van der Waals surface area contributed by atoms with Crippen molar-refractivity contribution in [1.29, 1.82) is 0 Å². The zero-order chi connectivity index (χ0) is 18.9. The van der Waals surface area contributed by atoms with Gasteiger partial charge >= 0.3 is 0 Å². The van der Waals surface area contributed by atoms with Crippen LogP contribution in [0.25, 0.3) is 0 Å². The van der Waals surface area contributed by atoms with Crippen LogP contribution in [0.5, 0.6) is 11.5 Å².